The largest absolute Gasteiger partial charge is 0.486 e. The average molecular weight is 359 g/mol. The maximum atomic E-state index is 10.3. The maximum absolute atomic E-state index is 10.3. The Morgan fingerprint density at radius 1 is 1.09 bits per heavy atom. The number of halogens is 3. The summed E-state index contributed by atoms with van der Waals surface area (Å²) >= 11 is 18.3. The monoisotopic (exact) mass is 357 g/mol. The summed E-state index contributed by atoms with van der Waals surface area (Å²) < 4.78 is 5.61. The van der Waals surface area contributed by atoms with Gasteiger partial charge in [-0.15, -0.1) is 0 Å². The van der Waals surface area contributed by atoms with Gasteiger partial charge in [0.05, 0.1) is 15.0 Å². The molecule has 0 unspecified atom stereocenters. The number of hydrogen-bond acceptors (Lipinski definition) is 3. The van der Waals surface area contributed by atoms with Crippen molar-refractivity contribution in [2.45, 2.75) is 6.61 Å². The standard InChI is InChI=1S/C15H10Cl3NO3/c16-12-4-2-1-3-11(12)9-22-15-13(17)7-10(8-14(15)18)5-6-19(20)21/h1-8H,9H2. The SMILES string of the molecule is O=[N+]([O-])C=Cc1cc(Cl)c(OCc2ccccc2Cl)c(Cl)c1. The van der Waals surface area contributed by atoms with E-state index in [9.17, 15) is 10.1 Å². The van der Waals surface area contributed by atoms with Gasteiger partial charge in [-0.2, -0.15) is 0 Å². The number of nitro groups is 1. The van der Waals surface area contributed by atoms with Crippen molar-refractivity contribution in [3.63, 3.8) is 0 Å². The van der Waals surface area contributed by atoms with Gasteiger partial charge < -0.3 is 4.74 Å². The molecule has 0 saturated heterocycles. The zero-order valence-electron chi connectivity index (χ0n) is 11.1. The highest BCUT2D eigenvalue weighted by atomic mass is 35.5. The lowest BCUT2D eigenvalue weighted by molar-refractivity contribution is -0.400. The van der Waals surface area contributed by atoms with Crippen molar-refractivity contribution in [3.8, 4) is 5.75 Å². The summed E-state index contributed by atoms with van der Waals surface area (Å²) in [6.07, 6.45) is 2.11. The van der Waals surface area contributed by atoms with Crippen molar-refractivity contribution in [3.05, 3.63) is 78.9 Å². The van der Waals surface area contributed by atoms with Gasteiger partial charge in [-0.05, 0) is 23.8 Å². The predicted molar refractivity (Wildman–Crippen MR) is 88.3 cm³/mol. The topological polar surface area (TPSA) is 52.4 Å². The molecule has 0 atom stereocenters. The van der Waals surface area contributed by atoms with Crippen LogP contribution >= 0.6 is 34.8 Å². The van der Waals surface area contributed by atoms with E-state index in [2.05, 4.69) is 0 Å². The van der Waals surface area contributed by atoms with Crippen LogP contribution in [0.15, 0.2) is 42.6 Å². The van der Waals surface area contributed by atoms with E-state index in [0.29, 0.717) is 16.3 Å². The van der Waals surface area contributed by atoms with Crippen LogP contribution in [0.25, 0.3) is 6.08 Å². The summed E-state index contributed by atoms with van der Waals surface area (Å²) in [4.78, 5) is 9.75. The van der Waals surface area contributed by atoms with Crippen LogP contribution in [-0.4, -0.2) is 4.92 Å². The zero-order valence-corrected chi connectivity index (χ0v) is 13.4. The fourth-order valence-electron chi connectivity index (χ4n) is 1.73. The van der Waals surface area contributed by atoms with Crippen molar-refractivity contribution in [2.75, 3.05) is 0 Å². The highest BCUT2D eigenvalue weighted by molar-refractivity contribution is 6.37. The first kappa shape index (κ1) is 16.6. The normalized spacial score (nSPS) is 10.9. The second kappa shape index (κ2) is 7.49. The molecule has 0 aromatic heterocycles. The second-order valence-corrected chi connectivity index (χ2v) is 5.52. The third-order valence-corrected chi connectivity index (χ3v) is 3.67. The van der Waals surface area contributed by atoms with E-state index >= 15 is 0 Å². The molecule has 0 aliphatic carbocycles. The van der Waals surface area contributed by atoms with E-state index < -0.39 is 4.92 Å². The Labute approximate surface area is 142 Å². The van der Waals surface area contributed by atoms with Gasteiger partial charge in [-0.1, -0.05) is 53.0 Å². The molecule has 0 fully saturated rings. The molecular weight excluding hydrogens is 349 g/mol. The molecule has 0 aliphatic rings. The van der Waals surface area contributed by atoms with Crippen LogP contribution in [0.3, 0.4) is 0 Å². The van der Waals surface area contributed by atoms with Crippen molar-refractivity contribution in [2.24, 2.45) is 0 Å². The molecule has 2 rings (SSSR count). The number of nitrogens with zero attached hydrogens (tertiary/aromatic N) is 1. The van der Waals surface area contributed by atoms with Gasteiger partial charge in [0.25, 0.3) is 0 Å². The smallest absolute Gasteiger partial charge is 0.235 e. The van der Waals surface area contributed by atoms with Crippen LogP contribution in [0.4, 0.5) is 0 Å². The molecule has 2 aromatic carbocycles. The summed E-state index contributed by atoms with van der Waals surface area (Å²) in [5.41, 5.74) is 1.31. The molecule has 2 aromatic rings. The highest BCUT2D eigenvalue weighted by Crippen LogP contribution is 2.35. The highest BCUT2D eigenvalue weighted by Gasteiger charge is 2.10. The van der Waals surface area contributed by atoms with E-state index in [1.54, 1.807) is 6.07 Å². The van der Waals surface area contributed by atoms with Crippen molar-refractivity contribution in [1.29, 1.82) is 0 Å². The van der Waals surface area contributed by atoms with Gasteiger partial charge in [0.15, 0.2) is 5.75 Å². The summed E-state index contributed by atoms with van der Waals surface area (Å²) in [6.45, 7) is 0.212. The van der Waals surface area contributed by atoms with E-state index in [1.165, 1.54) is 18.2 Å². The number of rotatable bonds is 5. The third-order valence-electron chi connectivity index (χ3n) is 2.74. The van der Waals surface area contributed by atoms with E-state index in [-0.39, 0.29) is 16.7 Å². The minimum Gasteiger partial charge on any atom is -0.486 e. The minimum absolute atomic E-state index is 0.212. The van der Waals surface area contributed by atoms with Crippen LogP contribution < -0.4 is 4.74 Å². The van der Waals surface area contributed by atoms with Gasteiger partial charge in [-0.3, -0.25) is 10.1 Å². The molecule has 22 heavy (non-hydrogen) atoms. The van der Waals surface area contributed by atoms with Crippen LogP contribution in [0.2, 0.25) is 15.1 Å². The lowest BCUT2D eigenvalue weighted by atomic mass is 10.2. The summed E-state index contributed by atoms with van der Waals surface area (Å²) in [6, 6.07) is 10.3. The first-order valence-corrected chi connectivity index (χ1v) is 7.27. The van der Waals surface area contributed by atoms with Crippen LogP contribution in [-0.2, 0) is 6.61 Å². The molecule has 0 aliphatic heterocycles. The van der Waals surface area contributed by atoms with Crippen LogP contribution in [0.5, 0.6) is 5.75 Å². The molecule has 0 radical (unpaired) electrons. The fraction of sp³-hybridized carbons (Fsp3) is 0.0667. The Morgan fingerprint density at radius 3 is 2.32 bits per heavy atom. The molecule has 7 heteroatoms. The molecule has 0 spiro atoms. The molecule has 4 nitrogen and oxygen atoms in total. The Balaban J connectivity index is 2.18. The maximum Gasteiger partial charge on any atom is 0.235 e. The number of hydrogen-bond donors (Lipinski definition) is 0. The quantitative estimate of drug-likeness (QED) is 0.526. The molecule has 0 saturated carbocycles. The number of benzene rings is 2. The van der Waals surface area contributed by atoms with Crippen LogP contribution in [0, 0.1) is 10.1 Å². The molecule has 0 bridgehead atoms. The van der Waals surface area contributed by atoms with Gasteiger partial charge in [0, 0.05) is 16.7 Å². The Kier molecular flexibility index (Phi) is 5.66. The van der Waals surface area contributed by atoms with Crippen molar-refractivity contribution < 1.29 is 9.66 Å². The van der Waals surface area contributed by atoms with E-state index in [4.69, 9.17) is 39.5 Å². The molecule has 114 valence electrons. The van der Waals surface area contributed by atoms with Gasteiger partial charge in [-0.25, -0.2) is 0 Å². The van der Waals surface area contributed by atoms with E-state index in [1.807, 2.05) is 18.2 Å². The Morgan fingerprint density at radius 2 is 1.73 bits per heavy atom. The minimum atomic E-state index is -0.566. The lowest BCUT2D eigenvalue weighted by Gasteiger charge is -2.11. The zero-order chi connectivity index (χ0) is 16.1. The average Bonchev–Trinajstić information content (AvgIpc) is 2.46. The van der Waals surface area contributed by atoms with Crippen molar-refractivity contribution in [1.82, 2.24) is 0 Å². The van der Waals surface area contributed by atoms with Gasteiger partial charge in [0.2, 0.25) is 6.20 Å². The summed E-state index contributed by atoms with van der Waals surface area (Å²) in [5, 5.41) is 11.4. The first-order valence-electron chi connectivity index (χ1n) is 6.14. The second-order valence-electron chi connectivity index (χ2n) is 4.29. The molecule has 0 N–H and O–H groups in total. The number of ether oxygens (including phenoxy) is 1. The third kappa shape index (κ3) is 4.37. The van der Waals surface area contributed by atoms with Crippen molar-refractivity contribution >= 4 is 40.9 Å². The summed E-state index contributed by atoms with van der Waals surface area (Å²) in [7, 11) is 0. The Hall–Kier alpha value is -1.75. The summed E-state index contributed by atoms with van der Waals surface area (Å²) in [5.74, 6) is 0.307. The van der Waals surface area contributed by atoms with Gasteiger partial charge in [0.1, 0.15) is 6.61 Å². The van der Waals surface area contributed by atoms with E-state index in [0.717, 1.165) is 11.8 Å². The fourth-order valence-corrected chi connectivity index (χ4v) is 2.53. The molecule has 0 amide bonds. The predicted octanol–water partition coefficient (Wildman–Crippen LogP) is 5.47. The molecular formula is C15H10Cl3NO3. The van der Waals surface area contributed by atoms with Crippen LogP contribution in [0.1, 0.15) is 11.1 Å². The molecule has 0 heterocycles. The first-order chi connectivity index (χ1) is 10.5. The lowest BCUT2D eigenvalue weighted by Crippen LogP contribution is -1.97. The Bertz CT molecular complexity index is 709. The van der Waals surface area contributed by atoms with Gasteiger partial charge >= 0.3 is 0 Å².